The number of rotatable bonds is 9. The van der Waals surface area contributed by atoms with E-state index in [-0.39, 0.29) is 0 Å². The number of aliphatic hydroxyl groups excluding tert-OH is 1. The second-order valence-electron chi connectivity index (χ2n) is 4.41. The molecule has 0 aliphatic heterocycles. The van der Waals surface area contributed by atoms with Gasteiger partial charge in [-0.05, 0) is 30.4 Å². The van der Waals surface area contributed by atoms with Gasteiger partial charge in [-0.2, -0.15) is 0 Å². The van der Waals surface area contributed by atoms with Crippen LogP contribution in [-0.2, 0) is 0 Å². The molecule has 0 saturated heterocycles. The lowest BCUT2D eigenvalue weighted by atomic mass is 10.1. The Labute approximate surface area is 120 Å². The Bertz CT molecular complexity index is 378. The van der Waals surface area contributed by atoms with E-state index < -0.39 is 6.10 Å². The van der Waals surface area contributed by atoms with Crippen LogP contribution >= 0.6 is 11.8 Å². The molecule has 0 amide bonds. The Hall–Kier alpha value is -1.03. The summed E-state index contributed by atoms with van der Waals surface area (Å²) in [6, 6.07) is 8.10. The van der Waals surface area contributed by atoms with Crippen molar-refractivity contribution in [3.8, 4) is 0 Å². The molecule has 0 spiro atoms. The molecule has 1 unspecified atom stereocenters. The van der Waals surface area contributed by atoms with Crippen molar-refractivity contribution in [2.45, 2.75) is 17.4 Å². The van der Waals surface area contributed by atoms with Gasteiger partial charge in [-0.1, -0.05) is 24.3 Å². The maximum absolute atomic E-state index is 10.2. The van der Waals surface area contributed by atoms with Crippen molar-refractivity contribution in [3.63, 3.8) is 0 Å². The summed E-state index contributed by atoms with van der Waals surface area (Å²) in [6.07, 6.45) is 6.12. The van der Waals surface area contributed by atoms with E-state index in [1.807, 2.05) is 30.5 Å². The first kappa shape index (κ1) is 16.0. The number of benzene rings is 1. The van der Waals surface area contributed by atoms with E-state index >= 15 is 0 Å². The molecule has 1 rings (SSSR count). The highest BCUT2D eigenvalue weighted by atomic mass is 32.2. The van der Waals surface area contributed by atoms with Crippen LogP contribution in [0.1, 0.15) is 18.1 Å². The molecule has 0 aliphatic rings. The largest absolute Gasteiger partial charge is 0.388 e. The summed E-state index contributed by atoms with van der Waals surface area (Å²) in [6.45, 7) is 9.98. The van der Waals surface area contributed by atoms with E-state index in [4.69, 9.17) is 0 Å². The third kappa shape index (κ3) is 5.64. The average molecular weight is 277 g/mol. The smallest absolute Gasteiger partial charge is 0.0802 e. The van der Waals surface area contributed by atoms with Crippen LogP contribution in [0.3, 0.4) is 0 Å². The zero-order valence-corrected chi connectivity index (χ0v) is 12.4. The van der Waals surface area contributed by atoms with Crippen molar-refractivity contribution in [2.75, 3.05) is 25.9 Å². The van der Waals surface area contributed by atoms with Crippen molar-refractivity contribution in [2.24, 2.45) is 0 Å². The van der Waals surface area contributed by atoms with Gasteiger partial charge in [0.15, 0.2) is 0 Å². The minimum absolute atomic E-state index is 0.409. The van der Waals surface area contributed by atoms with E-state index in [0.29, 0.717) is 0 Å². The third-order valence-electron chi connectivity index (χ3n) is 2.99. The molecule has 2 nitrogen and oxygen atoms in total. The molecule has 0 heterocycles. The first-order chi connectivity index (χ1) is 9.21. The Balaban J connectivity index is 2.50. The van der Waals surface area contributed by atoms with Crippen molar-refractivity contribution in [1.29, 1.82) is 0 Å². The number of thioether (sulfide) groups is 1. The minimum atomic E-state index is -0.409. The van der Waals surface area contributed by atoms with Crippen molar-refractivity contribution in [3.05, 3.63) is 55.1 Å². The van der Waals surface area contributed by atoms with Crippen LogP contribution < -0.4 is 0 Å². The van der Waals surface area contributed by atoms with Gasteiger partial charge >= 0.3 is 0 Å². The molecular formula is C16H23NOS. The number of hydrogen-bond acceptors (Lipinski definition) is 3. The lowest BCUT2D eigenvalue weighted by Crippen LogP contribution is -2.26. The zero-order chi connectivity index (χ0) is 14.1. The Morgan fingerprint density at radius 2 is 1.79 bits per heavy atom. The Morgan fingerprint density at radius 1 is 1.21 bits per heavy atom. The maximum Gasteiger partial charge on any atom is 0.0802 e. The first-order valence-corrected chi connectivity index (χ1v) is 7.70. The van der Waals surface area contributed by atoms with Crippen molar-refractivity contribution < 1.29 is 5.11 Å². The van der Waals surface area contributed by atoms with Crippen LogP contribution in [0.4, 0.5) is 0 Å². The Kier molecular flexibility index (Phi) is 7.56. The summed E-state index contributed by atoms with van der Waals surface area (Å²) in [5, 5.41) is 10.2. The molecule has 104 valence electrons. The van der Waals surface area contributed by atoms with Crippen molar-refractivity contribution in [1.82, 2.24) is 4.90 Å². The quantitative estimate of drug-likeness (QED) is 0.552. The lowest BCUT2D eigenvalue weighted by Gasteiger charge is -2.20. The fourth-order valence-corrected chi connectivity index (χ4v) is 2.33. The third-order valence-corrected chi connectivity index (χ3v) is 3.74. The highest BCUT2D eigenvalue weighted by Crippen LogP contribution is 2.21. The van der Waals surface area contributed by atoms with Gasteiger partial charge in [0.2, 0.25) is 0 Å². The van der Waals surface area contributed by atoms with Gasteiger partial charge in [0, 0.05) is 24.5 Å². The van der Waals surface area contributed by atoms with Crippen molar-refractivity contribution >= 4 is 11.8 Å². The summed E-state index contributed by atoms with van der Waals surface area (Å²) >= 11 is 1.71. The first-order valence-electron chi connectivity index (χ1n) is 6.47. The average Bonchev–Trinajstić information content (AvgIpc) is 2.45. The molecule has 1 N–H and O–H groups in total. The molecule has 0 fully saturated rings. The highest BCUT2D eigenvalue weighted by Gasteiger charge is 2.09. The van der Waals surface area contributed by atoms with Gasteiger partial charge in [0.1, 0.15) is 0 Å². The maximum atomic E-state index is 10.2. The second-order valence-corrected chi connectivity index (χ2v) is 5.29. The summed E-state index contributed by atoms with van der Waals surface area (Å²) in [7, 11) is 0. The van der Waals surface area contributed by atoms with E-state index in [9.17, 15) is 5.11 Å². The lowest BCUT2D eigenvalue weighted by molar-refractivity contribution is 0.148. The van der Waals surface area contributed by atoms with Gasteiger partial charge in [-0.3, -0.25) is 4.90 Å². The van der Waals surface area contributed by atoms with E-state index in [2.05, 4.69) is 30.2 Å². The number of hydrogen-bond donors (Lipinski definition) is 1. The molecule has 1 aromatic rings. The van der Waals surface area contributed by atoms with E-state index in [0.717, 1.165) is 31.6 Å². The van der Waals surface area contributed by atoms with Gasteiger partial charge in [0.05, 0.1) is 6.10 Å². The SMILES string of the molecule is C=CCN(CC=C)CCC(O)c1ccc(SC)cc1. The molecule has 1 atom stereocenters. The topological polar surface area (TPSA) is 23.5 Å². The fraction of sp³-hybridized carbons (Fsp3) is 0.375. The molecule has 0 aliphatic carbocycles. The highest BCUT2D eigenvalue weighted by molar-refractivity contribution is 7.98. The van der Waals surface area contributed by atoms with Crippen LogP contribution in [0.15, 0.2) is 54.5 Å². The summed E-state index contributed by atoms with van der Waals surface area (Å²) in [4.78, 5) is 3.43. The fourth-order valence-electron chi connectivity index (χ4n) is 1.92. The summed E-state index contributed by atoms with van der Waals surface area (Å²) in [5.41, 5.74) is 0.981. The molecule has 0 bridgehead atoms. The summed E-state index contributed by atoms with van der Waals surface area (Å²) in [5.74, 6) is 0. The van der Waals surface area contributed by atoms with Gasteiger partial charge in [0.25, 0.3) is 0 Å². The standard InChI is InChI=1S/C16H23NOS/c1-4-11-17(12-5-2)13-10-16(18)14-6-8-15(19-3)9-7-14/h4-9,16,18H,1-2,10-13H2,3H3. The van der Waals surface area contributed by atoms with Crippen LogP contribution in [0, 0.1) is 0 Å². The number of nitrogens with zero attached hydrogens (tertiary/aromatic N) is 1. The van der Waals surface area contributed by atoms with Crippen LogP contribution in [-0.4, -0.2) is 35.9 Å². The molecule has 0 radical (unpaired) electrons. The van der Waals surface area contributed by atoms with E-state index in [1.54, 1.807) is 11.8 Å². The van der Waals surface area contributed by atoms with E-state index in [1.165, 1.54) is 4.90 Å². The van der Waals surface area contributed by atoms with Gasteiger partial charge in [-0.15, -0.1) is 24.9 Å². The van der Waals surface area contributed by atoms with Crippen LogP contribution in [0.2, 0.25) is 0 Å². The molecular weight excluding hydrogens is 254 g/mol. The summed E-state index contributed by atoms with van der Waals surface area (Å²) < 4.78 is 0. The Morgan fingerprint density at radius 3 is 2.26 bits per heavy atom. The monoisotopic (exact) mass is 277 g/mol. The minimum Gasteiger partial charge on any atom is -0.388 e. The molecule has 19 heavy (non-hydrogen) atoms. The normalized spacial score (nSPS) is 12.4. The molecule has 0 aromatic heterocycles. The predicted molar refractivity (Wildman–Crippen MR) is 84.6 cm³/mol. The molecule has 1 aromatic carbocycles. The second kappa shape index (κ2) is 8.97. The zero-order valence-electron chi connectivity index (χ0n) is 11.6. The van der Waals surface area contributed by atoms with Crippen LogP contribution in [0.25, 0.3) is 0 Å². The predicted octanol–water partition coefficient (Wildman–Crippen LogP) is 3.51. The molecule has 3 heteroatoms. The van der Waals surface area contributed by atoms with Crippen LogP contribution in [0.5, 0.6) is 0 Å². The van der Waals surface area contributed by atoms with Gasteiger partial charge in [-0.25, -0.2) is 0 Å². The number of aliphatic hydroxyl groups is 1. The van der Waals surface area contributed by atoms with Gasteiger partial charge < -0.3 is 5.11 Å². The molecule has 0 saturated carbocycles.